The Hall–Kier alpha value is -3.09. The first-order valence-electron chi connectivity index (χ1n) is 12.1. The van der Waals surface area contributed by atoms with E-state index >= 15 is 0 Å². The number of methoxy groups -OCH3 is 2. The van der Waals surface area contributed by atoms with Crippen molar-refractivity contribution in [2.75, 3.05) is 14.2 Å². The summed E-state index contributed by atoms with van der Waals surface area (Å²) in [6.07, 6.45) is 2.57. The van der Waals surface area contributed by atoms with Crippen LogP contribution < -0.4 is 30.2 Å². The van der Waals surface area contributed by atoms with Gasteiger partial charge in [-0.2, -0.15) is 0 Å². The van der Waals surface area contributed by atoms with Gasteiger partial charge in [0, 0.05) is 0 Å². The van der Waals surface area contributed by atoms with Crippen molar-refractivity contribution in [2.45, 2.75) is 24.9 Å². The molecule has 0 amide bonds. The number of ether oxygens (including phenoxy) is 2. The molecule has 4 aromatic carbocycles. The number of hydrogen-bond donors (Lipinski definition) is 0. The van der Waals surface area contributed by atoms with Crippen molar-refractivity contribution in [2.24, 2.45) is 0 Å². The van der Waals surface area contributed by atoms with Crippen LogP contribution in [0.5, 0.6) is 11.5 Å². The van der Waals surface area contributed by atoms with E-state index in [-0.39, 0.29) is 0 Å². The van der Waals surface area contributed by atoms with Crippen LogP contribution in [0.1, 0.15) is 12.8 Å². The highest BCUT2D eigenvalue weighted by Gasteiger charge is 2.60. The zero-order valence-electron chi connectivity index (χ0n) is 20.0. The van der Waals surface area contributed by atoms with Crippen LogP contribution in [0.3, 0.4) is 0 Å². The second kappa shape index (κ2) is 9.65. The number of hydrogen-bond acceptors (Lipinski definition) is 2. The molecule has 0 saturated carbocycles. The summed E-state index contributed by atoms with van der Waals surface area (Å²) in [5, 5.41) is 6.19. The summed E-state index contributed by atoms with van der Waals surface area (Å²) in [5.74, 6) is 1.85. The summed E-state index contributed by atoms with van der Waals surface area (Å²) in [7, 11) is -0.933. The highest BCUT2D eigenvalue weighted by atomic mass is 29.3. The minimum atomic E-state index is -2.22. The van der Waals surface area contributed by atoms with Crippen LogP contribution in [-0.2, 0) is 0 Å². The molecule has 2 atom stereocenters. The van der Waals surface area contributed by atoms with Crippen molar-refractivity contribution in [3.05, 3.63) is 109 Å². The predicted molar refractivity (Wildman–Crippen MR) is 148 cm³/mol. The van der Waals surface area contributed by atoms with E-state index in [0.29, 0.717) is 0 Å². The molecule has 0 radical (unpaired) electrons. The maximum atomic E-state index is 5.55. The highest BCUT2D eigenvalue weighted by molar-refractivity contribution is 7.59. The molecule has 5 rings (SSSR count). The molecule has 1 heterocycles. The summed E-state index contributed by atoms with van der Waals surface area (Å²) in [4.78, 5) is 0. The van der Waals surface area contributed by atoms with Crippen LogP contribution in [0.15, 0.2) is 109 Å². The second-order valence-electron chi connectivity index (χ2n) is 9.21. The van der Waals surface area contributed by atoms with E-state index in [0.717, 1.165) is 11.5 Å². The van der Waals surface area contributed by atoms with Crippen molar-refractivity contribution in [3.8, 4) is 11.5 Å². The third-order valence-electron chi connectivity index (χ3n) is 7.78. The Morgan fingerprint density at radius 2 is 0.765 bits per heavy atom. The van der Waals surface area contributed by atoms with Gasteiger partial charge in [0.2, 0.25) is 0 Å². The Morgan fingerprint density at radius 3 is 1.09 bits per heavy atom. The lowest BCUT2D eigenvalue weighted by Gasteiger charge is -2.52. The first kappa shape index (κ1) is 22.7. The van der Waals surface area contributed by atoms with Crippen LogP contribution in [-0.4, -0.2) is 29.4 Å². The molecular formula is C30H32O2Si2. The molecule has 172 valence electrons. The van der Waals surface area contributed by atoms with Gasteiger partial charge < -0.3 is 9.47 Å². The Labute approximate surface area is 205 Å². The van der Waals surface area contributed by atoms with E-state index in [1.807, 2.05) is 0 Å². The molecule has 0 bridgehead atoms. The Morgan fingerprint density at radius 1 is 0.441 bits per heavy atom. The first-order chi connectivity index (χ1) is 16.7. The van der Waals surface area contributed by atoms with Crippen LogP contribution in [0.25, 0.3) is 0 Å². The molecule has 1 aliphatic rings. The van der Waals surface area contributed by atoms with Gasteiger partial charge in [-0.15, -0.1) is 0 Å². The van der Waals surface area contributed by atoms with E-state index in [9.17, 15) is 0 Å². The topological polar surface area (TPSA) is 18.5 Å². The van der Waals surface area contributed by atoms with Crippen LogP contribution in [0.4, 0.5) is 0 Å². The summed E-state index contributed by atoms with van der Waals surface area (Å²) in [6, 6.07) is 43.6. The van der Waals surface area contributed by atoms with Crippen LogP contribution in [0.2, 0.25) is 12.1 Å². The van der Waals surface area contributed by atoms with E-state index in [1.54, 1.807) is 24.6 Å². The molecule has 1 aliphatic heterocycles. The standard InChI is InChI=1S/C30H32O2Si2/c1-31-25-15-19-29(20-16-25)33(27-11-5-3-6-12-27)23-9-10-24-34(33,28-13-7-4-8-14-28)30-21-17-26(32-2)18-22-30/h3-8,11-22H,9-10,23-24H2,1-2H3/t33-,34-/m1/s1. The predicted octanol–water partition coefficient (Wildman–Crippen LogP) is 4.40. The zero-order valence-corrected chi connectivity index (χ0v) is 22.0. The van der Waals surface area contributed by atoms with Crippen molar-refractivity contribution in [3.63, 3.8) is 0 Å². The Bertz CT molecular complexity index is 1110. The number of benzene rings is 4. The molecule has 34 heavy (non-hydrogen) atoms. The molecule has 1 saturated heterocycles. The lowest BCUT2D eigenvalue weighted by molar-refractivity contribution is 0.415. The monoisotopic (exact) mass is 480 g/mol. The largest absolute Gasteiger partial charge is 0.497 e. The fourth-order valence-electron chi connectivity index (χ4n) is 6.30. The molecule has 0 unspecified atom stereocenters. The summed E-state index contributed by atoms with van der Waals surface area (Å²) >= 11 is 0. The van der Waals surface area contributed by atoms with E-state index in [1.165, 1.54) is 35.3 Å². The van der Waals surface area contributed by atoms with Crippen molar-refractivity contribution in [1.82, 2.24) is 0 Å². The van der Waals surface area contributed by atoms with Gasteiger partial charge in [-0.3, -0.25) is 0 Å². The third kappa shape index (κ3) is 3.62. The van der Waals surface area contributed by atoms with E-state index in [4.69, 9.17) is 9.47 Å². The Balaban J connectivity index is 1.87. The minimum Gasteiger partial charge on any atom is -0.497 e. The molecule has 0 N–H and O–H groups in total. The van der Waals surface area contributed by atoms with Crippen LogP contribution >= 0.6 is 0 Å². The van der Waals surface area contributed by atoms with Gasteiger partial charge in [0.1, 0.15) is 26.7 Å². The van der Waals surface area contributed by atoms with Gasteiger partial charge in [0.25, 0.3) is 0 Å². The smallest absolute Gasteiger partial charge is 0.121 e. The average Bonchev–Trinajstić information content (AvgIpc) is 2.94. The second-order valence-corrected chi connectivity index (χ2v) is 21.3. The molecule has 0 spiro atoms. The zero-order chi connectivity index (χ0) is 23.4. The van der Waals surface area contributed by atoms with Crippen LogP contribution in [0, 0.1) is 0 Å². The lowest BCUT2D eigenvalue weighted by Crippen LogP contribution is -2.86. The summed E-state index contributed by atoms with van der Waals surface area (Å²) < 4.78 is 11.1. The highest BCUT2D eigenvalue weighted by Crippen LogP contribution is 2.36. The fourth-order valence-corrected chi connectivity index (χ4v) is 27.0. The molecule has 0 aliphatic carbocycles. The first-order valence-corrected chi connectivity index (χ1v) is 17.6. The van der Waals surface area contributed by atoms with Gasteiger partial charge in [0.05, 0.1) is 14.2 Å². The van der Waals surface area contributed by atoms with Gasteiger partial charge in [-0.25, -0.2) is 0 Å². The van der Waals surface area contributed by atoms with E-state index in [2.05, 4.69) is 109 Å². The van der Waals surface area contributed by atoms with Gasteiger partial charge in [0.15, 0.2) is 0 Å². The summed E-state index contributed by atoms with van der Waals surface area (Å²) in [6.45, 7) is 0. The molecule has 4 aromatic rings. The fraction of sp³-hybridized carbons (Fsp3) is 0.200. The minimum absolute atomic E-state index is 0.924. The van der Waals surface area contributed by atoms with Crippen molar-refractivity contribution >= 4 is 35.9 Å². The summed E-state index contributed by atoms with van der Waals surface area (Å²) in [5.41, 5.74) is 0. The van der Waals surface area contributed by atoms with Crippen molar-refractivity contribution < 1.29 is 9.47 Å². The molecule has 2 nitrogen and oxygen atoms in total. The van der Waals surface area contributed by atoms with Gasteiger partial charge in [-0.1, -0.05) is 131 Å². The molecule has 0 aromatic heterocycles. The van der Waals surface area contributed by atoms with Crippen molar-refractivity contribution in [1.29, 1.82) is 0 Å². The number of rotatable bonds is 6. The van der Waals surface area contributed by atoms with Gasteiger partial charge in [-0.05, 0) is 24.3 Å². The molecule has 1 fully saturated rings. The average molecular weight is 481 g/mol. The van der Waals surface area contributed by atoms with E-state index < -0.39 is 15.2 Å². The Kier molecular flexibility index (Phi) is 6.44. The lowest BCUT2D eigenvalue weighted by atomic mass is 10.3. The molecular weight excluding hydrogens is 449 g/mol. The van der Waals surface area contributed by atoms with Gasteiger partial charge >= 0.3 is 0 Å². The maximum absolute atomic E-state index is 5.55. The SMILES string of the molecule is COc1ccc([Si@]2(c3ccccc3)CCCC[Si@@]2(c2ccccc2)c2ccc(OC)cc2)cc1. The normalized spacial score (nSPS) is 22.2. The third-order valence-corrected chi connectivity index (χ3v) is 26.1. The quantitative estimate of drug-likeness (QED) is 0.381. The molecule has 4 heteroatoms. The maximum Gasteiger partial charge on any atom is 0.121 e.